The van der Waals surface area contributed by atoms with Gasteiger partial charge in [0.15, 0.2) is 0 Å². The van der Waals surface area contributed by atoms with Crippen molar-refractivity contribution in [3.63, 3.8) is 0 Å². The van der Waals surface area contributed by atoms with Gasteiger partial charge < -0.3 is 15.2 Å². The highest BCUT2D eigenvalue weighted by Crippen LogP contribution is 2.21. The van der Waals surface area contributed by atoms with Crippen molar-refractivity contribution in [2.45, 2.75) is 45.8 Å². The highest BCUT2D eigenvalue weighted by atomic mass is 16.6. The van der Waals surface area contributed by atoms with E-state index in [1.807, 2.05) is 31.2 Å². The SMILES string of the molecule is Cc1ccc(-c2ccc(CC(NC(=O)OC(C)(C)C)C(=O)O)cc2)cc1. The molecule has 26 heavy (non-hydrogen) atoms. The van der Waals surface area contributed by atoms with Gasteiger partial charge in [-0.2, -0.15) is 0 Å². The summed E-state index contributed by atoms with van der Waals surface area (Å²) < 4.78 is 5.13. The predicted octanol–water partition coefficient (Wildman–Crippen LogP) is 4.18. The molecule has 0 saturated carbocycles. The Kier molecular flexibility index (Phi) is 6.03. The lowest BCUT2D eigenvalue weighted by atomic mass is 10.00. The van der Waals surface area contributed by atoms with E-state index < -0.39 is 23.7 Å². The molecule has 0 radical (unpaired) electrons. The third-order valence-electron chi connectivity index (χ3n) is 3.77. The van der Waals surface area contributed by atoms with Gasteiger partial charge in [-0.25, -0.2) is 9.59 Å². The number of carbonyl (C=O) groups excluding carboxylic acids is 1. The quantitative estimate of drug-likeness (QED) is 0.843. The second-order valence-corrected chi connectivity index (χ2v) is 7.30. The van der Waals surface area contributed by atoms with Crippen LogP contribution in [-0.4, -0.2) is 28.8 Å². The van der Waals surface area contributed by atoms with Crippen LogP contribution in [0.5, 0.6) is 0 Å². The highest BCUT2D eigenvalue weighted by Gasteiger charge is 2.24. The van der Waals surface area contributed by atoms with E-state index in [1.54, 1.807) is 20.8 Å². The molecule has 0 fully saturated rings. The molecule has 5 heteroatoms. The van der Waals surface area contributed by atoms with E-state index in [-0.39, 0.29) is 6.42 Å². The molecule has 1 atom stereocenters. The molecule has 2 aromatic rings. The van der Waals surface area contributed by atoms with Gasteiger partial charge in [-0.05, 0) is 44.4 Å². The molecule has 0 aliphatic heterocycles. The fourth-order valence-corrected chi connectivity index (χ4v) is 2.46. The monoisotopic (exact) mass is 355 g/mol. The molecule has 138 valence electrons. The third kappa shape index (κ3) is 5.92. The Morgan fingerprint density at radius 1 is 1.00 bits per heavy atom. The summed E-state index contributed by atoms with van der Waals surface area (Å²) in [6.45, 7) is 7.22. The topological polar surface area (TPSA) is 75.6 Å². The van der Waals surface area contributed by atoms with Crippen molar-refractivity contribution in [1.29, 1.82) is 0 Å². The Bertz CT molecular complexity index is 758. The number of nitrogens with one attached hydrogen (secondary N) is 1. The number of aliphatic carboxylic acids is 1. The van der Waals surface area contributed by atoms with Crippen LogP contribution in [0.2, 0.25) is 0 Å². The average Bonchev–Trinajstić information content (AvgIpc) is 2.54. The van der Waals surface area contributed by atoms with Crippen LogP contribution in [0, 0.1) is 6.92 Å². The summed E-state index contributed by atoms with van der Waals surface area (Å²) in [6, 6.07) is 14.8. The second-order valence-electron chi connectivity index (χ2n) is 7.30. The highest BCUT2D eigenvalue weighted by molar-refractivity contribution is 5.80. The van der Waals surface area contributed by atoms with Crippen LogP contribution in [0.3, 0.4) is 0 Å². The number of hydrogen-bond acceptors (Lipinski definition) is 3. The van der Waals surface area contributed by atoms with Gasteiger partial charge in [-0.1, -0.05) is 54.1 Å². The zero-order valence-corrected chi connectivity index (χ0v) is 15.6. The minimum Gasteiger partial charge on any atom is -0.480 e. The molecule has 0 saturated heterocycles. The number of rotatable bonds is 5. The second kappa shape index (κ2) is 8.04. The van der Waals surface area contributed by atoms with E-state index in [2.05, 4.69) is 29.6 Å². The van der Waals surface area contributed by atoms with Gasteiger partial charge >= 0.3 is 12.1 Å². The van der Waals surface area contributed by atoms with Crippen molar-refractivity contribution < 1.29 is 19.4 Å². The van der Waals surface area contributed by atoms with Crippen molar-refractivity contribution in [2.24, 2.45) is 0 Å². The van der Waals surface area contributed by atoms with Crippen LogP contribution >= 0.6 is 0 Å². The average molecular weight is 355 g/mol. The molecule has 5 nitrogen and oxygen atoms in total. The summed E-state index contributed by atoms with van der Waals surface area (Å²) in [5.74, 6) is -1.10. The summed E-state index contributed by atoms with van der Waals surface area (Å²) in [5, 5.41) is 11.8. The predicted molar refractivity (Wildman–Crippen MR) is 101 cm³/mol. The molecule has 2 N–H and O–H groups in total. The number of benzene rings is 2. The minimum absolute atomic E-state index is 0.183. The maximum Gasteiger partial charge on any atom is 0.408 e. The summed E-state index contributed by atoms with van der Waals surface area (Å²) >= 11 is 0. The van der Waals surface area contributed by atoms with Crippen LogP contribution in [0.25, 0.3) is 11.1 Å². The number of aryl methyl sites for hydroxylation is 1. The van der Waals surface area contributed by atoms with Gasteiger partial charge in [-0.15, -0.1) is 0 Å². The zero-order valence-electron chi connectivity index (χ0n) is 15.6. The third-order valence-corrected chi connectivity index (χ3v) is 3.77. The minimum atomic E-state index is -1.10. The summed E-state index contributed by atoms with van der Waals surface area (Å²) in [7, 11) is 0. The smallest absolute Gasteiger partial charge is 0.408 e. The van der Waals surface area contributed by atoms with Gasteiger partial charge in [0.1, 0.15) is 11.6 Å². The van der Waals surface area contributed by atoms with Crippen LogP contribution in [-0.2, 0) is 16.0 Å². The van der Waals surface area contributed by atoms with Gasteiger partial charge in [-0.3, -0.25) is 0 Å². The molecule has 0 aliphatic carbocycles. The molecule has 0 heterocycles. The maximum absolute atomic E-state index is 11.8. The van der Waals surface area contributed by atoms with Crippen molar-refractivity contribution >= 4 is 12.1 Å². The van der Waals surface area contributed by atoms with Gasteiger partial charge in [0.05, 0.1) is 0 Å². The van der Waals surface area contributed by atoms with Crippen LogP contribution in [0.4, 0.5) is 4.79 Å². The number of ether oxygens (including phenoxy) is 1. The van der Waals surface area contributed by atoms with Crippen molar-refractivity contribution in [1.82, 2.24) is 5.32 Å². The number of carboxylic acid groups (broad SMARTS) is 1. The molecule has 1 amide bonds. The van der Waals surface area contributed by atoms with Crippen molar-refractivity contribution in [3.05, 3.63) is 59.7 Å². The molecule has 0 aliphatic rings. The first-order chi connectivity index (χ1) is 12.1. The Hall–Kier alpha value is -2.82. The van der Waals surface area contributed by atoms with Gasteiger partial charge in [0.25, 0.3) is 0 Å². The van der Waals surface area contributed by atoms with Crippen molar-refractivity contribution in [3.8, 4) is 11.1 Å². The van der Waals surface area contributed by atoms with Gasteiger partial charge in [0, 0.05) is 6.42 Å². The molecule has 2 rings (SSSR count). The number of amides is 1. The number of alkyl carbamates (subject to hydrolysis) is 1. The number of carbonyl (C=O) groups is 2. The first-order valence-corrected chi connectivity index (χ1v) is 8.52. The Labute approximate surface area is 154 Å². The van der Waals surface area contributed by atoms with E-state index in [4.69, 9.17) is 4.74 Å². The Balaban J connectivity index is 2.06. The zero-order chi connectivity index (χ0) is 19.3. The molecule has 2 aromatic carbocycles. The van der Waals surface area contributed by atoms with Crippen LogP contribution < -0.4 is 5.32 Å². The van der Waals surface area contributed by atoms with Crippen LogP contribution in [0.15, 0.2) is 48.5 Å². The molecule has 0 bridgehead atoms. The first-order valence-electron chi connectivity index (χ1n) is 8.52. The first kappa shape index (κ1) is 19.5. The summed E-state index contributed by atoms with van der Waals surface area (Å²) in [5.41, 5.74) is 3.50. The number of carboxylic acids is 1. The van der Waals surface area contributed by atoms with Crippen molar-refractivity contribution in [2.75, 3.05) is 0 Å². The van der Waals surface area contributed by atoms with E-state index in [1.165, 1.54) is 5.56 Å². The van der Waals surface area contributed by atoms with E-state index in [9.17, 15) is 14.7 Å². The van der Waals surface area contributed by atoms with Crippen LogP contribution in [0.1, 0.15) is 31.9 Å². The van der Waals surface area contributed by atoms with E-state index >= 15 is 0 Å². The Morgan fingerprint density at radius 3 is 1.96 bits per heavy atom. The maximum atomic E-state index is 11.8. The lowest BCUT2D eigenvalue weighted by molar-refractivity contribution is -0.139. The molecule has 0 spiro atoms. The largest absolute Gasteiger partial charge is 0.480 e. The molecular weight excluding hydrogens is 330 g/mol. The fourth-order valence-electron chi connectivity index (χ4n) is 2.46. The molecule has 1 unspecified atom stereocenters. The standard InChI is InChI=1S/C21H25NO4/c1-14-5-9-16(10-6-14)17-11-7-15(8-12-17)13-18(19(23)24)22-20(25)26-21(2,3)4/h5-12,18H,13H2,1-4H3,(H,22,25)(H,23,24). The fraction of sp³-hybridized carbons (Fsp3) is 0.333. The Morgan fingerprint density at radius 2 is 1.50 bits per heavy atom. The molecule has 0 aromatic heterocycles. The summed E-state index contributed by atoms with van der Waals surface area (Å²) in [6.07, 6.45) is -0.552. The number of hydrogen-bond donors (Lipinski definition) is 2. The normalized spacial score (nSPS) is 12.3. The van der Waals surface area contributed by atoms with E-state index in [0.717, 1.165) is 16.7 Å². The lowest BCUT2D eigenvalue weighted by Gasteiger charge is -2.22. The van der Waals surface area contributed by atoms with Gasteiger partial charge in [0.2, 0.25) is 0 Å². The lowest BCUT2D eigenvalue weighted by Crippen LogP contribution is -2.44. The summed E-state index contributed by atoms with van der Waals surface area (Å²) in [4.78, 5) is 23.3. The van der Waals surface area contributed by atoms with E-state index in [0.29, 0.717) is 0 Å². The molecular formula is C21H25NO4.